The van der Waals surface area contributed by atoms with Crippen LogP contribution in [0.5, 0.6) is 0 Å². The van der Waals surface area contributed by atoms with Gasteiger partial charge in [-0.3, -0.25) is 19.5 Å². The summed E-state index contributed by atoms with van der Waals surface area (Å²) in [4.78, 5) is 31.1. The van der Waals surface area contributed by atoms with Crippen molar-refractivity contribution in [3.05, 3.63) is 12.2 Å². The molecule has 6 nitrogen and oxygen atoms in total. The minimum atomic E-state index is -0.0967. The number of imide groups is 1. The third-order valence-corrected chi connectivity index (χ3v) is 6.97. The zero-order chi connectivity index (χ0) is 18.8. The van der Waals surface area contributed by atoms with E-state index in [2.05, 4.69) is 27.8 Å². The Morgan fingerprint density at radius 1 is 1.07 bits per heavy atom. The molecule has 2 saturated carbocycles. The van der Waals surface area contributed by atoms with Crippen LogP contribution >= 0.6 is 0 Å². The lowest BCUT2D eigenvalue weighted by molar-refractivity contribution is -0.140. The van der Waals surface area contributed by atoms with E-state index in [1.165, 1.54) is 37.0 Å². The van der Waals surface area contributed by atoms with E-state index in [1.54, 1.807) is 7.05 Å². The van der Waals surface area contributed by atoms with Gasteiger partial charge in [0.05, 0.1) is 11.8 Å². The van der Waals surface area contributed by atoms with Gasteiger partial charge in [-0.2, -0.15) is 0 Å². The second-order valence-corrected chi connectivity index (χ2v) is 8.55. The normalized spacial score (nSPS) is 32.6. The van der Waals surface area contributed by atoms with Crippen molar-refractivity contribution in [1.82, 2.24) is 15.5 Å². The number of aliphatic imine (C=N–C) groups is 1. The molecule has 0 spiro atoms. The summed E-state index contributed by atoms with van der Waals surface area (Å²) in [5.74, 6) is 2.10. The number of nitrogens with one attached hydrogen (secondary N) is 2. The van der Waals surface area contributed by atoms with Crippen LogP contribution in [0.15, 0.2) is 17.1 Å². The van der Waals surface area contributed by atoms with Crippen molar-refractivity contribution < 1.29 is 9.59 Å². The molecule has 0 aromatic rings. The van der Waals surface area contributed by atoms with Crippen molar-refractivity contribution in [3.8, 4) is 0 Å². The Bertz CT molecular complexity index is 608. The maximum Gasteiger partial charge on any atom is 0.233 e. The SMILES string of the molecule is CN=C(NCCCC1CCCC1)NCCN1C(=O)C2C3C=CC(C3)C2C1=O. The third kappa shape index (κ3) is 3.63. The number of hydrogen-bond acceptors (Lipinski definition) is 3. The highest BCUT2D eigenvalue weighted by molar-refractivity contribution is 6.06. The Balaban J connectivity index is 1.18. The topological polar surface area (TPSA) is 73.8 Å². The summed E-state index contributed by atoms with van der Waals surface area (Å²) in [5, 5.41) is 6.59. The number of allylic oxidation sites excluding steroid dienone is 2. The molecule has 4 atom stereocenters. The predicted molar refractivity (Wildman–Crippen MR) is 105 cm³/mol. The first-order valence-electron chi connectivity index (χ1n) is 10.7. The van der Waals surface area contributed by atoms with E-state index in [4.69, 9.17) is 0 Å². The Morgan fingerprint density at radius 3 is 2.33 bits per heavy atom. The van der Waals surface area contributed by atoms with E-state index < -0.39 is 0 Å². The molecule has 27 heavy (non-hydrogen) atoms. The van der Waals surface area contributed by atoms with E-state index in [-0.39, 0.29) is 35.5 Å². The molecule has 4 unspecified atom stereocenters. The summed E-state index contributed by atoms with van der Waals surface area (Å²) in [5.41, 5.74) is 0. The van der Waals surface area contributed by atoms with E-state index in [0.717, 1.165) is 31.3 Å². The summed E-state index contributed by atoms with van der Waals surface area (Å²) in [6.07, 6.45) is 13.3. The summed E-state index contributed by atoms with van der Waals surface area (Å²) in [7, 11) is 1.76. The molecule has 4 rings (SSSR count). The molecular weight excluding hydrogens is 340 g/mol. The largest absolute Gasteiger partial charge is 0.356 e. The molecule has 3 aliphatic carbocycles. The molecule has 2 amide bonds. The van der Waals surface area contributed by atoms with Gasteiger partial charge >= 0.3 is 0 Å². The standard InChI is InChI=1S/C21H32N4O2/c1-22-21(23-10-4-7-14-5-2-3-6-14)24-11-12-25-19(26)17-15-8-9-16(13-15)18(17)20(25)27/h8-9,14-18H,2-7,10-13H2,1H3,(H2,22,23,24). The molecule has 1 saturated heterocycles. The van der Waals surface area contributed by atoms with Gasteiger partial charge in [0.25, 0.3) is 0 Å². The molecular formula is C21H32N4O2. The predicted octanol–water partition coefficient (Wildman–Crippen LogP) is 1.93. The van der Waals surface area contributed by atoms with E-state index in [1.807, 2.05) is 0 Å². The minimum Gasteiger partial charge on any atom is -0.356 e. The Labute approximate surface area is 161 Å². The first-order valence-corrected chi connectivity index (χ1v) is 10.7. The molecule has 3 fully saturated rings. The van der Waals surface area contributed by atoms with Crippen molar-refractivity contribution >= 4 is 17.8 Å². The number of amides is 2. The van der Waals surface area contributed by atoms with Crippen LogP contribution in [0, 0.1) is 29.6 Å². The van der Waals surface area contributed by atoms with Crippen molar-refractivity contribution in [1.29, 1.82) is 0 Å². The monoisotopic (exact) mass is 372 g/mol. The number of carbonyl (C=O) groups excluding carboxylic acids is 2. The molecule has 0 aromatic heterocycles. The maximum atomic E-state index is 12.7. The van der Waals surface area contributed by atoms with Crippen molar-refractivity contribution in [2.75, 3.05) is 26.7 Å². The average Bonchev–Trinajstić information content (AvgIpc) is 3.44. The van der Waals surface area contributed by atoms with Gasteiger partial charge in [-0.25, -0.2) is 0 Å². The van der Waals surface area contributed by atoms with Crippen LogP contribution in [0.1, 0.15) is 44.9 Å². The number of rotatable bonds is 7. The zero-order valence-electron chi connectivity index (χ0n) is 16.3. The van der Waals surface area contributed by atoms with Crippen LogP contribution in [0.25, 0.3) is 0 Å². The first kappa shape index (κ1) is 18.5. The Morgan fingerprint density at radius 2 is 1.70 bits per heavy atom. The van der Waals surface area contributed by atoms with Gasteiger partial charge in [0.2, 0.25) is 11.8 Å². The molecule has 6 heteroatoms. The molecule has 0 radical (unpaired) electrons. The first-order chi connectivity index (χ1) is 13.2. The number of likely N-dealkylation sites (tertiary alicyclic amines) is 1. The fraction of sp³-hybridized carbons (Fsp3) is 0.762. The van der Waals surface area contributed by atoms with Crippen molar-refractivity contribution in [3.63, 3.8) is 0 Å². The minimum absolute atomic E-state index is 0.0307. The highest BCUT2D eigenvalue weighted by Crippen LogP contribution is 2.52. The van der Waals surface area contributed by atoms with E-state index >= 15 is 0 Å². The number of carbonyl (C=O) groups is 2. The van der Waals surface area contributed by atoms with Gasteiger partial charge in [-0.05, 0) is 37.0 Å². The van der Waals surface area contributed by atoms with Gasteiger partial charge in [0.1, 0.15) is 0 Å². The Hall–Kier alpha value is -1.85. The zero-order valence-corrected chi connectivity index (χ0v) is 16.3. The number of guanidine groups is 1. The van der Waals surface area contributed by atoms with Crippen LogP contribution in [0.4, 0.5) is 0 Å². The smallest absolute Gasteiger partial charge is 0.233 e. The van der Waals surface area contributed by atoms with Gasteiger partial charge in [0.15, 0.2) is 5.96 Å². The van der Waals surface area contributed by atoms with E-state index in [9.17, 15) is 9.59 Å². The summed E-state index contributed by atoms with van der Waals surface area (Å²) < 4.78 is 0. The number of hydrogen-bond donors (Lipinski definition) is 2. The summed E-state index contributed by atoms with van der Waals surface area (Å²) >= 11 is 0. The molecule has 2 bridgehead atoms. The summed E-state index contributed by atoms with van der Waals surface area (Å²) in [6.45, 7) is 1.88. The lowest BCUT2D eigenvalue weighted by Crippen LogP contribution is -2.43. The second-order valence-electron chi connectivity index (χ2n) is 8.55. The maximum absolute atomic E-state index is 12.7. The molecule has 2 N–H and O–H groups in total. The highest BCUT2D eigenvalue weighted by atomic mass is 16.2. The van der Waals surface area contributed by atoms with Gasteiger partial charge in [-0.15, -0.1) is 0 Å². The summed E-state index contributed by atoms with van der Waals surface area (Å²) in [6, 6.07) is 0. The number of nitrogens with zero attached hydrogens (tertiary/aromatic N) is 2. The highest BCUT2D eigenvalue weighted by Gasteiger charge is 2.58. The lowest BCUT2D eigenvalue weighted by atomic mass is 9.85. The van der Waals surface area contributed by atoms with Crippen LogP contribution in [-0.4, -0.2) is 49.4 Å². The quantitative estimate of drug-likeness (QED) is 0.235. The molecule has 148 valence electrons. The van der Waals surface area contributed by atoms with Gasteiger partial charge in [0, 0.05) is 26.7 Å². The van der Waals surface area contributed by atoms with Crippen LogP contribution in [0.3, 0.4) is 0 Å². The number of fused-ring (bicyclic) bond motifs is 5. The fourth-order valence-electron chi connectivity index (χ4n) is 5.59. The molecule has 1 heterocycles. The van der Waals surface area contributed by atoms with Crippen molar-refractivity contribution in [2.24, 2.45) is 34.6 Å². The molecule has 4 aliphatic rings. The fourth-order valence-corrected chi connectivity index (χ4v) is 5.59. The second kappa shape index (κ2) is 8.03. The third-order valence-electron chi connectivity index (χ3n) is 6.97. The van der Waals surface area contributed by atoms with Crippen LogP contribution in [0.2, 0.25) is 0 Å². The Kier molecular flexibility index (Phi) is 5.50. The van der Waals surface area contributed by atoms with Crippen LogP contribution in [-0.2, 0) is 9.59 Å². The van der Waals surface area contributed by atoms with Crippen molar-refractivity contribution in [2.45, 2.75) is 44.9 Å². The average molecular weight is 373 g/mol. The lowest BCUT2D eigenvalue weighted by Gasteiger charge is -2.18. The van der Waals surface area contributed by atoms with Crippen LogP contribution < -0.4 is 10.6 Å². The molecule has 0 aromatic carbocycles. The van der Waals surface area contributed by atoms with Gasteiger partial charge in [-0.1, -0.05) is 37.8 Å². The van der Waals surface area contributed by atoms with Gasteiger partial charge < -0.3 is 10.6 Å². The molecule has 1 aliphatic heterocycles. The van der Waals surface area contributed by atoms with E-state index in [0.29, 0.717) is 13.1 Å².